The molecule has 0 fully saturated rings. The first-order chi connectivity index (χ1) is 14.1. The average Bonchev–Trinajstić information content (AvgIpc) is 2.71. The highest BCUT2D eigenvalue weighted by Crippen LogP contribution is 2.19. The number of carbonyl (C=O) groups excluding carboxylic acids is 2. The summed E-state index contributed by atoms with van der Waals surface area (Å²) in [4.78, 5) is 32.4. The van der Waals surface area contributed by atoms with Gasteiger partial charge in [0.25, 0.3) is 5.91 Å². The Labute approximate surface area is 172 Å². The second-order valence-electron chi connectivity index (χ2n) is 6.52. The molecular weight excluding hydrogens is 401 g/mol. The molecule has 2 aromatic heterocycles. The van der Waals surface area contributed by atoms with E-state index in [0.29, 0.717) is 29.1 Å². The van der Waals surface area contributed by atoms with Crippen molar-refractivity contribution in [1.82, 2.24) is 15.3 Å². The number of pyridine rings is 2. The first-order valence-electron chi connectivity index (χ1n) is 9.38. The van der Waals surface area contributed by atoms with Crippen LogP contribution in [0.25, 0.3) is 0 Å². The van der Waals surface area contributed by atoms with Gasteiger partial charge in [0.05, 0.1) is 6.04 Å². The van der Waals surface area contributed by atoms with Crippen molar-refractivity contribution in [3.63, 3.8) is 0 Å². The van der Waals surface area contributed by atoms with E-state index in [4.69, 9.17) is 0 Å². The molecule has 0 saturated heterocycles. The van der Waals surface area contributed by atoms with Gasteiger partial charge >= 0.3 is 6.18 Å². The molecule has 0 saturated carbocycles. The lowest BCUT2D eigenvalue weighted by Crippen LogP contribution is -2.27. The summed E-state index contributed by atoms with van der Waals surface area (Å²) in [5, 5.41) is 5.44. The Bertz CT molecular complexity index is 886. The Balaban J connectivity index is 2.07. The molecule has 30 heavy (non-hydrogen) atoms. The van der Waals surface area contributed by atoms with Crippen LogP contribution in [-0.2, 0) is 11.2 Å². The maximum atomic E-state index is 12.7. The number of halogens is 3. The topological polar surface area (TPSA) is 93.2 Å². The molecule has 10 heteroatoms. The molecule has 0 aliphatic carbocycles. The van der Waals surface area contributed by atoms with Gasteiger partial charge in [-0.15, -0.1) is 0 Å². The van der Waals surface area contributed by atoms with Gasteiger partial charge in [0.1, 0.15) is 5.82 Å². The molecular formula is C20H23F3N4O3. The number of hydrogen-bond acceptors (Lipinski definition) is 5. The van der Waals surface area contributed by atoms with Crippen LogP contribution < -0.4 is 15.4 Å². The van der Waals surface area contributed by atoms with Crippen molar-refractivity contribution in [3.05, 3.63) is 47.3 Å². The lowest BCUT2D eigenvalue weighted by atomic mass is 10.1. The van der Waals surface area contributed by atoms with Crippen molar-refractivity contribution in [1.29, 1.82) is 0 Å². The Kier molecular flexibility index (Phi) is 7.73. The summed E-state index contributed by atoms with van der Waals surface area (Å²) in [6.45, 7) is 3.88. The van der Waals surface area contributed by atoms with Crippen LogP contribution in [0.5, 0.6) is 5.88 Å². The summed E-state index contributed by atoms with van der Waals surface area (Å²) in [7, 11) is 0. The molecule has 7 nitrogen and oxygen atoms in total. The van der Waals surface area contributed by atoms with E-state index in [1.807, 2.05) is 6.92 Å². The lowest BCUT2D eigenvalue weighted by Gasteiger charge is -2.16. The van der Waals surface area contributed by atoms with Crippen molar-refractivity contribution in [2.24, 2.45) is 0 Å². The van der Waals surface area contributed by atoms with E-state index < -0.39 is 18.8 Å². The van der Waals surface area contributed by atoms with Crippen LogP contribution >= 0.6 is 0 Å². The third-order valence-corrected chi connectivity index (χ3v) is 4.08. The number of ether oxygens (including phenoxy) is 1. The van der Waals surface area contributed by atoms with Gasteiger partial charge in [0.15, 0.2) is 6.61 Å². The molecule has 162 valence electrons. The molecule has 0 spiro atoms. The molecule has 0 aliphatic heterocycles. The number of carbonyl (C=O) groups is 2. The van der Waals surface area contributed by atoms with Crippen molar-refractivity contribution < 1.29 is 27.5 Å². The molecule has 2 N–H and O–H groups in total. The molecule has 2 amide bonds. The van der Waals surface area contributed by atoms with Gasteiger partial charge in [0, 0.05) is 29.9 Å². The summed E-state index contributed by atoms with van der Waals surface area (Å²) >= 11 is 0. The second kappa shape index (κ2) is 10.0. The highest BCUT2D eigenvalue weighted by molar-refractivity contribution is 5.96. The van der Waals surface area contributed by atoms with Crippen LogP contribution in [0, 0.1) is 0 Å². The van der Waals surface area contributed by atoms with Gasteiger partial charge in [0.2, 0.25) is 11.8 Å². The van der Waals surface area contributed by atoms with Gasteiger partial charge in [-0.05, 0) is 31.0 Å². The van der Waals surface area contributed by atoms with Gasteiger partial charge in [-0.25, -0.2) is 9.97 Å². The summed E-state index contributed by atoms with van der Waals surface area (Å²) in [5.41, 5.74) is 1.57. The summed E-state index contributed by atoms with van der Waals surface area (Å²) in [5.74, 6) is -0.460. The van der Waals surface area contributed by atoms with Gasteiger partial charge in [-0.3, -0.25) is 9.59 Å². The number of nitrogens with zero attached hydrogens (tertiary/aromatic N) is 2. The van der Waals surface area contributed by atoms with Crippen molar-refractivity contribution >= 4 is 17.6 Å². The second-order valence-corrected chi connectivity index (χ2v) is 6.52. The quantitative estimate of drug-likeness (QED) is 0.672. The van der Waals surface area contributed by atoms with E-state index in [1.54, 1.807) is 19.9 Å². The zero-order valence-corrected chi connectivity index (χ0v) is 16.8. The predicted molar refractivity (Wildman–Crippen MR) is 104 cm³/mol. The minimum absolute atomic E-state index is 0.160. The van der Waals surface area contributed by atoms with Crippen molar-refractivity contribution in [2.45, 2.75) is 45.8 Å². The smallest absolute Gasteiger partial charge is 0.422 e. The number of amides is 2. The van der Waals surface area contributed by atoms with E-state index in [9.17, 15) is 22.8 Å². The van der Waals surface area contributed by atoms with E-state index in [2.05, 4.69) is 25.3 Å². The average molecular weight is 424 g/mol. The fourth-order valence-corrected chi connectivity index (χ4v) is 2.45. The fourth-order valence-electron chi connectivity index (χ4n) is 2.45. The largest absolute Gasteiger partial charge is 0.468 e. The Morgan fingerprint density at radius 1 is 1.20 bits per heavy atom. The molecule has 1 atom stereocenters. The Hall–Kier alpha value is -3.17. The van der Waals surface area contributed by atoms with Crippen molar-refractivity contribution in [3.8, 4) is 5.88 Å². The number of aromatic nitrogens is 2. The van der Waals surface area contributed by atoms with Crippen LogP contribution in [0.15, 0.2) is 30.5 Å². The Morgan fingerprint density at radius 2 is 1.93 bits per heavy atom. The van der Waals surface area contributed by atoms with Crippen LogP contribution in [0.3, 0.4) is 0 Å². The molecule has 0 bridgehead atoms. The van der Waals surface area contributed by atoms with E-state index in [-0.39, 0.29) is 24.1 Å². The number of nitrogens with one attached hydrogen (secondary N) is 2. The fraction of sp³-hybridized carbons (Fsp3) is 0.400. The number of alkyl halides is 3. The monoisotopic (exact) mass is 424 g/mol. The van der Waals surface area contributed by atoms with E-state index in [0.717, 1.165) is 0 Å². The molecule has 1 unspecified atom stereocenters. The number of rotatable bonds is 8. The lowest BCUT2D eigenvalue weighted by molar-refractivity contribution is -0.154. The highest BCUT2D eigenvalue weighted by Gasteiger charge is 2.28. The van der Waals surface area contributed by atoms with Crippen molar-refractivity contribution in [2.75, 3.05) is 11.9 Å². The minimum Gasteiger partial charge on any atom is -0.468 e. The predicted octanol–water partition coefficient (Wildman–Crippen LogP) is 3.82. The zero-order chi connectivity index (χ0) is 22.3. The maximum Gasteiger partial charge on any atom is 0.422 e. The molecule has 0 radical (unpaired) electrons. The molecule has 0 aromatic carbocycles. The third-order valence-electron chi connectivity index (χ3n) is 4.08. The maximum absolute atomic E-state index is 12.7. The first-order valence-corrected chi connectivity index (χ1v) is 9.38. The minimum atomic E-state index is -4.45. The molecule has 2 heterocycles. The zero-order valence-electron chi connectivity index (χ0n) is 16.8. The van der Waals surface area contributed by atoms with Gasteiger partial charge < -0.3 is 15.4 Å². The van der Waals surface area contributed by atoms with Crippen LogP contribution in [0.4, 0.5) is 19.0 Å². The summed E-state index contributed by atoms with van der Waals surface area (Å²) < 4.78 is 41.2. The van der Waals surface area contributed by atoms with E-state index >= 15 is 0 Å². The summed E-state index contributed by atoms with van der Waals surface area (Å²) in [6.07, 6.45) is -2.24. The first kappa shape index (κ1) is 23.1. The number of hydrogen-bond donors (Lipinski definition) is 2. The number of anilines is 1. The van der Waals surface area contributed by atoms with Gasteiger partial charge in [-0.2, -0.15) is 13.2 Å². The SMILES string of the molecule is CCC(=O)Nc1cc(C(=O)NC(C)c2ccc(OCC(F)(F)F)nc2)cc(CC)n1. The normalized spacial score (nSPS) is 12.2. The Morgan fingerprint density at radius 3 is 2.50 bits per heavy atom. The third kappa shape index (κ3) is 7.02. The van der Waals surface area contributed by atoms with Crippen LogP contribution in [-0.4, -0.2) is 34.6 Å². The van der Waals surface area contributed by atoms with E-state index in [1.165, 1.54) is 24.4 Å². The summed E-state index contributed by atoms with van der Waals surface area (Å²) in [6, 6.07) is 5.50. The van der Waals surface area contributed by atoms with Crippen LogP contribution in [0.2, 0.25) is 0 Å². The van der Waals surface area contributed by atoms with Gasteiger partial charge in [-0.1, -0.05) is 19.9 Å². The standard InChI is InChI=1S/C20H23F3N4O3/c1-4-15-8-14(9-16(26-15)27-17(28)5-2)19(29)25-12(3)13-6-7-18(24-10-13)30-11-20(21,22)23/h6-10,12H,4-5,11H2,1-3H3,(H,25,29)(H,26,27,28). The van der Waals surface area contributed by atoms with Crippen LogP contribution in [0.1, 0.15) is 54.8 Å². The molecule has 0 aliphatic rings. The molecule has 2 aromatic rings. The molecule has 2 rings (SSSR count). The number of aryl methyl sites for hydroxylation is 1. The highest BCUT2D eigenvalue weighted by atomic mass is 19.4.